The molecule has 0 saturated carbocycles. The Morgan fingerprint density at radius 2 is 2.05 bits per heavy atom. The predicted molar refractivity (Wildman–Crippen MR) is 85.3 cm³/mol. The molecule has 1 aliphatic heterocycles. The first-order chi connectivity index (χ1) is 10.6. The first-order valence-corrected chi connectivity index (χ1v) is 7.68. The van der Waals surface area contributed by atoms with Crippen LogP contribution >= 0.6 is 0 Å². The van der Waals surface area contributed by atoms with E-state index in [9.17, 15) is 4.79 Å². The molecule has 116 valence electrons. The summed E-state index contributed by atoms with van der Waals surface area (Å²) in [7, 11) is 1.79. The smallest absolute Gasteiger partial charge is 0.269 e. The van der Waals surface area contributed by atoms with E-state index in [1.165, 1.54) is 5.56 Å². The Bertz CT molecular complexity index is 637. The first kappa shape index (κ1) is 14.8. The number of hydrogen-bond acceptors (Lipinski definition) is 3. The van der Waals surface area contributed by atoms with Crippen LogP contribution in [0.1, 0.15) is 23.0 Å². The molecule has 1 aromatic heterocycles. The second-order valence-electron chi connectivity index (χ2n) is 6.08. The third-order valence-corrected chi connectivity index (χ3v) is 4.31. The van der Waals surface area contributed by atoms with Crippen molar-refractivity contribution >= 4 is 5.91 Å². The molecule has 1 saturated heterocycles. The van der Waals surface area contributed by atoms with Gasteiger partial charge in [0.25, 0.3) is 5.91 Å². The van der Waals surface area contributed by atoms with E-state index in [1.807, 2.05) is 6.07 Å². The van der Waals surface area contributed by atoms with Gasteiger partial charge in [0.15, 0.2) is 0 Å². The fraction of sp³-hybridized carbons (Fsp3) is 0.412. The van der Waals surface area contributed by atoms with Gasteiger partial charge in [-0.2, -0.15) is 5.10 Å². The molecule has 5 heteroatoms. The van der Waals surface area contributed by atoms with Crippen LogP contribution in [0, 0.1) is 5.92 Å². The van der Waals surface area contributed by atoms with Gasteiger partial charge in [0.05, 0.1) is 0 Å². The SMILES string of the molecule is C[C@H]1CN(Cc2ccccc2)C[C@H]1NC(=O)c1ccnn1C. The number of nitrogens with one attached hydrogen (secondary N) is 1. The van der Waals surface area contributed by atoms with Gasteiger partial charge in [0.1, 0.15) is 5.69 Å². The van der Waals surface area contributed by atoms with Gasteiger partial charge in [0.2, 0.25) is 0 Å². The van der Waals surface area contributed by atoms with Crippen molar-refractivity contribution in [1.29, 1.82) is 0 Å². The van der Waals surface area contributed by atoms with Crippen molar-refractivity contribution in [2.75, 3.05) is 13.1 Å². The van der Waals surface area contributed by atoms with Crippen LogP contribution in [0.5, 0.6) is 0 Å². The summed E-state index contributed by atoms with van der Waals surface area (Å²) in [5.74, 6) is 0.402. The number of likely N-dealkylation sites (tertiary alicyclic amines) is 1. The first-order valence-electron chi connectivity index (χ1n) is 7.68. The number of benzene rings is 1. The average molecular weight is 298 g/mol. The Hall–Kier alpha value is -2.14. The lowest BCUT2D eigenvalue weighted by Crippen LogP contribution is -2.40. The van der Waals surface area contributed by atoms with Gasteiger partial charge in [-0.1, -0.05) is 37.3 Å². The number of carbonyl (C=O) groups excluding carboxylic acids is 1. The van der Waals surface area contributed by atoms with Crippen LogP contribution in [0.3, 0.4) is 0 Å². The molecule has 1 amide bonds. The summed E-state index contributed by atoms with van der Waals surface area (Å²) in [6.07, 6.45) is 1.65. The predicted octanol–water partition coefficient (Wildman–Crippen LogP) is 1.67. The molecule has 2 aromatic rings. The lowest BCUT2D eigenvalue weighted by Gasteiger charge is -2.17. The number of nitrogens with zero attached hydrogens (tertiary/aromatic N) is 3. The van der Waals surface area contributed by atoms with Crippen molar-refractivity contribution < 1.29 is 4.79 Å². The maximum absolute atomic E-state index is 12.3. The highest BCUT2D eigenvalue weighted by atomic mass is 16.2. The molecule has 2 atom stereocenters. The standard InChI is InChI=1S/C17H22N4O/c1-13-10-21(11-14-6-4-3-5-7-14)12-15(13)19-17(22)16-8-9-18-20(16)2/h3-9,13,15H,10-12H2,1-2H3,(H,19,22)/t13-,15+/m0/s1. The Kier molecular flexibility index (Phi) is 4.24. The topological polar surface area (TPSA) is 50.2 Å². The van der Waals surface area contributed by atoms with Crippen LogP contribution in [0.4, 0.5) is 0 Å². The fourth-order valence-corrected chi connectivity index (χ4v) is 3.06. The lowest BCUT2D eigenvalue weighted by atomic mass is 10.1. The largest absolute Gasteiger partial charge is 0.346 e. The summed E-state index contributed by atoms with van der Waals surface area (Å²) in [6, 6.07) is 12.4. The quantitative estimate of drug-likeness (QED) is 0.934. The average Bonchev–Trinajstić information content (AvgIpc) is 3.06. The van der Waals surface area contributed by atoms with Crippen molar-refractivity contribution in [3.8, 4) is 0 Å². The van der Waals surface area contributed by atoms with Crippen molar-refractivity contribution in [3.05, 3.63) is 53.9 Å². The molecule has 0 aliphatic carbocycles. The number of amides is 1. The van der Waals surface area contributed by atoms with Crippen LogP contribution < -0.4 is 5.32 Å². The third kappa shape index (κ3) is 3.20. The summed E-state index contributed by atoms with van der Waals surface area (Å²) in [5, 5.41) is 7.19. The van der Waals surface area contributed by atoms with E-state index in [0.29, 0.717) is 11.6 Å². The van der Waals surface area contributed by atoms with E-state index in [-0.39, 0.29) is 11.9 Å². The lowest BCUT2D eigenvalue weighted by molar-refractivity contribution is 0.0922. The maximum atomic E-state index is 12.3. The molecule has 5 nitrogen and oxygen atoms in total. The minimum atomic E-state index is -0.0431. The van der Waals surface area contributed by atoms with Crippen molar-refractivity contribution in [1.82, 2.24) is 20.0 Å². The van der Waals surface area contributed by atoms with Gasteiger partial charge >= 0.3 is 0 Å². The minimum absolute atomic E-state index is 0.0431. The van der Waals surface area contributed by atoms with Gasteiger partial charge < -0.3 is 5.32 Å². The van der Waals surface area contributed by atoms with E-state index in [2.05, 4.69) is 46.5 Å². The molecule has 3 rings (SSSR count). The number of carbonyl (C=O) groups is 1. The summed E-state index contributed by atoms with van der Waals surface area (Å²) in [6.45, 7) is 5.02. The summed E-state index contributed by atoms with van der Waals surface area (Å²) in [4.78, 5) is 14.7. The molecule has 0 radical (unpaired) electrons. The van der Waals surface area contributed by atoms with Crippen LogP contribution in [-0.4, -0.2) is 39.7 Å². The molecule has 0 spiro atoms. The molecular formula is C17H22N4O. The minimum Gasteiger partial charge on any atom is -0.346 e. The molecule has 2 heterocycles. The molecule has 0 bridgehead atoms. The number of hydrogen-bond donors (Lipinski definition) is 1. The molecule has 1 fully saturated rings. The van der Waals surface area contributed by atoms with Gasteiger partial charge in [-0.05, 0) is 17.5 Å². The normalized spacial score (nSPS) is 21.9. The summed E-state index contributed by atoms with van der Waals surface area (Å²) < 4.78 is 1.61. The Morgan fingerprint density at radius 1 is 1.27 bits per heavy atom. The van der Waals surface area contributed by atoms with E-state index in [1.54, 1.807) is 24.0 Å². The fourth-order valence-electron chi connectivity index (χ4n) is 3.06. The van der Waals surface area contributed by atoms with Crippen molar-refractivity contribution in [2.24, 2.45) is 13.0 Å². The Balaban J connectivity index is 1.59. The zero-order valence-corrected chi connectivity index (χ0v) is 13.1. The second-order valence-corrected chi connectivity index (χ2v) is 6.08. The van der Waals surface area contributed by atoms with Crippen LogP contribution in [0.25, 0.3) is 0 Å². The summed E-state index contributed by atoms with van der Waals surface area (Å²) >= 11 is 0. The van der Waals surface area contributed by atoms with Crippen molar-refractivity contribution in [3.63, 3.8) is 0 Å². The maximum Gasteiger partial charge on any atom is 0.269 e. The highest BCUT2D eigenvalue weighted by Crippen LogP contribution is 2.19. The molecule has 1 aliphatic rings. The molecule has 22 heavy (non-hydrogen) atoms. The zero-order chi connectivity index (χ0) is 15.5. The number of rotatable bonds is 4. The van der Waals surface area contributed by atoms with Crippen LogP contribution in [0.2, 0.25) is 0 Å². The van der Waals surface area contributed by atoms with E-state index >= 15 is 0 Å². The van der Waals surface area contributed by atoms with Crippen molar-refractivity contribution in [2.45, 2.75) is 19.5 Å². The van der Waals surface area contributed by atoms with Crippen LogP contribution in [-0.2, 0) is 13.6 Å². The highest BCUT2D eigenvalue weighted by Gasteiger charge is 2.31. The Morgan fingerprint density at radius 3 is 2.73 bits per heavy atom. The molecule has 0 unspecified atom stereocenters. The van der Waals surface area contributed by atoms with E-state index in [0.717, 1.165) is 19.6 Å². The number of aromatic nitrogens is 2. The molecule has 1 N–H and O–H groups in total. The highest BCUT2D eigenvalue weighted by molar-refractivity contribution is 5.92. The monoisotopic (exact) mass is 298 g/mol. The van der Waals surface area contributed by atoms with Gasteiger partial charge in [0, 0.05) is 38.9 Å². The van der Waals surface area contributed by atoms with Crippen LogP contribution in [0.15, 0.2) is 42.6 Å². The van der Waals surface area contributed by atoms with Gasteiger partial charge in [-0.25, -0.2) is 0 Å². The second kappa shape index (κ2) is 6.32. The van der Waals surface area contributed by atoms with Gasteiger partial charge in [-0.3, -0.25) is 14.4 Å². The molecular weight excluding hydrogens is 276 g/mol. The van der Waals surface area contributed by atoms with E-state index in [4.69, 9.17) is 0 Å². The number of aryl methyl sites for hydroxylation is 1. The Labute approximate surface area is 130 Å². The molecule has 1 aromatic carbocycles. The van der Waals surface area contributed by atoms with E-state index < -0.39 is 0 Å². The third-order valence-electron chi connectivity index (χ3n) is 4.31. The zero-order valence-electron chi connectivity index (χ0n) is 13.1. The van der Waals surface area contributed by atoms with Gasteiger partial charge in [-0.15, -0.1) is 0 Å². The summed E-state index contributed by atoms with van der Waals surface area (Å²) in [5.41, 5.74) is 1.92.